The van der Waals surface area contributed by atoms with Gasteiger partial charge < -0.3 is 10.0 Å². The van der Waals surface area contributed by atoms with E-state index in [1.165, 1.54) is 4.88 Å². The molecule has 1 N–H and O–H groups in total. The molecule has 4 nitrogen and oxygen atoms in total. The van der Waals surface area contributed by atoms with Crippen LogP contribution in [0.1, 0.15) is 24.1 Å². The van der Waals surface area contributed by atoms with E-state index in [0.717, 1.165) is 12.8 Å². The van der Waals surface area contributed by atoms with Crippen LogP contribution in [0.4, 0.5) is 0 Å². The number of thiophene rings is 1. The van der Waals surface area contributed by atoms with E-state index in [4.69, 9.17) is 5.11 Å². The summed E-state index contributed by atoms with van der Waals surface area (Å²) in [6.45, 7) is 0.643. The summed E-state index contributed by atoms with van der Waals surface area (Å²) in [6, 6.07) is 4.34. The van der Waals surface area contributed by atoms with E-state index in [0.29, 0.717) is 19.0 Å². The third-order valence-corrected chi connectivity index (χ3v) is 4.46. The van der Waals surface area contributed by atoms with Gasteiger partial charge in [0, 0.05) is 10.9 Å². The third-order valence-electron chi connectivity index (χ3n) is 3.60. The van der Waals surface area contributed by atoms with Crippen LogP contribution in [0.15, 0.2) is 17.5 Å². The summed E-state index contributed by atoms with van der Waals surface area (Å²) in [6.07, 6.45) is 2.63. The number of carbonyl (C=O) groups is 2. The topological polar surface area (TPSA) is 57.6 Å². The first-order valence-corrected chi connectivity index (χ1v) is 7.10. The average molecular weight is 265 g/mol. The second kappa shape index (κ2) is 4.39. The molecule has 5 heteroatoms. The lowest BCUT2D eigenvalue weighted by Crippen LogP contribution is -2.34. The van der Waals surface area contributed by atoms with Gasteiger partial charge in [-0.25, -0.2) is 0 Å². The average Bonchev–Trinajstić information content (AvgIpc) is 3.24. The molecule has 0 spiro atoms. The molecule has 0 aliphatic heterocycles. The number of carboxylic acid groups (broad SMARTS) is 1. The molecular weight excluding hydrogens is 250 g/mol. The van der Waals surface area contributed by atoms with Gasteiger partial charge in [0.2, 0.25) is 5.91 Å². The molecule has 2 fully saturated rings. The highest BCUT2D eigenvalue weighted by Crippen LogP contribution is 2.42. The number of amides is 1. The Bertz CT molecular complexity index is 467. The molecule has 2 saturated carbocycles. The maximum atomic E-state index is 12.3. The summed E-state index contributed by atoms with van der Waals surface area (Å²) in [5.74, 6) is -1.51. The summed E-state index contributed by atoms with van der Waals surface area (Å²) in [4.78, 5) is 26.2. The molecule has 1 aromatic rings. The van der Waals surface area contributed by atoms with Crippen molar-refractivity contribution >= 4 is 23.2 Å². The van der Waals surface area contributed by atoms with Crippen LogP contribution in [0.5, 0.6) is 0 Å². The van der Waals surface area contributed by atoms with Gasteiger partial charge in [-0.3, -0.25) is 9.59 Å². The quantitative estimate of drug-likeness (QED) is 0.885. The SMILES string of the molecule is O=C(O)[C@@H]1C[C@H]1C(=O)N(Cc1cccs1)C1CC1. The second-order valence-corrected chi connectivity index (χ2v) is 6.10. The molecule has 1 heterocycles. The van der Waals surface area contributed by atoms with Gasteiger partial charge in [-0.15, -0.1) is 11.3 Å². The van der Waals surface area contributed by atoms with Crippen LogP contribution in [0.2, 0.25) is 0 Å². The maximum Gasteiger partial charge on any atom is 0.307 e. The highest BCUT2D eigenvalue weighted by Gasteiger charge is 2.51. The molecule has 2 aliphatic rings. The molecule has 0 bridgehead atoms. The predicted molar refractivity (Wildman–Crippen MR) is 67.1 cm³/mol. The summed E-state index contributed by atoms with van der Waals surface area (Å²) in [5.41, 5.74) is 0. The fourth-order valence-corrected chi connectivity index (χ4v) is 3.00. The number of aliphatic carboxylic acids is 1. The summed E-state index contributed by atoms with van der Waals surface area (Å²) < 4.78 is 0. The summed E-state index contributed by atoms with van der Waals surface area (Å²) in [5, 5.41) is 10.9. The Kier molecular flexibility index (Phi) is 2.86. The van der Waals surface area contributed by atoms with Crippen LogP contribution >= 0.6 is 11.3 Å². The lowest BCUT2D eigenvalue weighted by molar-refractivity contribution is -0.142. The van der Waals surface area contributed by atoms with Gasteiger partial charge >= 0.3 is 5.97 Å². The molecule has 2 aliphatic carbocycles. The largest absolute Gasteiger partial charge is 0.481 e. The van der Waals surface area contributed by atoms with Crippen molar-refractivity contribution in [2.45, 2.75) is 31.8 Å². The smallest absolute Gasteiger partial charge is 0.307 e. The first kappa shape index (κ1) is 11.7. The van der Waals surface area contributed by atoms with Crippen LogP contribution in [-0.4, -0.2) is 27.9 Å². The van der Waals surface area contributed by atoms with Crippen LogP contribution in [-0.2, 0) is 16.1 Å². The number of carbonyl (C=O) groups excluding carboxylic acids is 1. The van der Waals surface area contributed by atoms with Gasteiger partial charge in [0.15, 0.2) is 0 Å². The van der Waals surface area contributed by atoms with Crippen molar-refractivity contribution in [1.29, 1.82) is 0 Å². The molecular formula is C13H15NO3S. The van der Waals surface area contributed by atoms with E-state index in [1.54, 1.807) is 11.3 Å². The van der Waals surface area contributed by atoms with Gasteiger partial charge in [-0.2, -0.15) is 0 Å². The zero-order valence-corrected chi connectivity index (χ0v) is 10.7. The van der Waals surface area contributed by atoms with Crippen molar-refractivity contribution in [3.05, 3.63) is 22.4 Å². The molecule has 0 unspecified atom stereocenters. The molecule has 0 radical (unpaired) electrons. The predicted octanol–water partition coefficient (Wildman–Crippen LogP) is 1.96. The van der Waals surface area contributed by atoms with Crippen LogP contribution in [0, 0.1) is 11.8 Å². The fourth-order valence-electron chi connectivity index (χ4n) is 2.30. The van der Waals surface area contributed by atoms with E-state index in [1.807, 2.05) is 22.4 Å². The minimum atomic E-state index is -0.833. The summed E-state index contributed by atoms with van der Waals surface area (Å²) >= 11 is 1.64. The zero-order chi connectivity index (χ0) is 12.7. The highest BCUT2D eigenvalue weighted by molar-refractivity contribution is 7.09. The van der Waals surface area contributed by atoms with Gasteiger partial charge in [0.1, 0.15) is 0 Å². The van der Waals surface area contributed by atoms with Gasteiger partial charge in [0.25, 0.3) is 0 Å². The Hall–Kier alpha value is -1.36. The first-order chi connectivity index (χ1) is 8.66. The molecule has 18 heavy (non-hydrogen) atoms. The van der Waals surface area contributed by atoms with Crippen molar-refractivity contribution in [1.82, 2.24) is 4.90 Å². The Labute approximate surface area is 109 Å². The minimum Gasteiger partial charge on any atom is -0.481 e. The lowest BCUT2D eigenvalue weighted by Gasteiger charge is -2.21. The molecule has 3 rings (SSSR count). The number of carboxylic acids is 1. The minimum absolute atomic E-state index is 0.0401. The van der Waals surface area contributed by atoms with E-state index >= 15 is 0 Å². The molecule has 0 aromatic carbocycles. The molecule has 0 saturated heterocycles. The number of nitrogens with zero attached hydrogens (tertiary/aromatic N) is 1. The van der Waals surface area contributed by atoms with Crippen LogP contribution in [0.3, 0.4) is 0 Å². The Morgan fingerprint density at radius 2 is 2.17 bits per heavy atom. The van der Waals surface area contributed by atoms with Crippen molar-refractivity contribution in [2.24, 2.45) is 11.8 Å². The van der Waals surface area contributed by atoms with Crippen LogP contribution < -0.4 is 0 Å². The molecule has 1 amide bonds. The van der Waals surface area contributed by atoms with Crippen LogP contribution in [0.25, 0.3) is 0 Å². The second-order valence-electron chi connectivity index (χ2n) is 5.06. The molecule has 2 atom stereocenters. The zero-order valence-electron chi connectivity index (χ0n) is 9.91. The number of hydrogen-bond donors (Lipinski definition) is 1. The standard InChI is InChI=1S/C13H15NO3S/c15-12(10-6-11(10)13(16)17)14(8-3-4-8)7-9-2-1-5-18-9/h1-2,5,8,10-11H,3-4,6-7H2,(H,16,17)/t10-,11-/m1/s1. The van der Waals surface area contributed by atoms with Gasteiger partial charge in [0.05, 0.1) is 18.4 Å². The van der Waals surface area contributed by atoms with E-state index < -0.39 is 11.9 Å². The van der Waals surface area contributed by atoms with Crippen molar-refractivity contribution in [3.8, 4) is 0 Å². The Morgan fingerprint density at radius 1 is 1.39 bits per heavy atom. The number of rotatable bonds is 5. The number of hydrogen-bond acceptors (Lipinski definition) is 3. The normalized spacial score (nSPS) is 25.8. The monoisotopic (exact) mass is 265 g/mol. The van der Waals surface area contributed by atoms with Gasteiger partial charge in [-0.1, -0.05) is 6.07 Å². The Morgan fingerprint density at radius 3 is 2.67 bits per heavy atom. The van der Waals surface area contributed by atoms with E-state index in [2.05, 4.69) is 0 Å². The van der Waals surface area contributed by atoms with Crippen molar-refractivity contribution < 1.29 is 14.7 Å². The molecule has 1 aromatic heterocycles. The lowest BCUT2D eigenvalue weighted by atomic mass is 10.2. The Balaban J connectivity index is 1.67. The summed E-state index contributed by atoms with van der Waals surface area (Å²) in [7, 11) is 0. The molecule has 96 valence electrons. The van der Waals surface area contributed by atoms with Crippen molar-refractivity contribution in [3.63, 3.8) is 0 Å². The van der Waals surface area contributed by atoms with E-state index in [9.17, 15) is 9.59 Å². The maximum absolute atomic E-state index is 12.3. The first-order valence-electron chi connectivity index (χ1n) is 6.22. The highest BCUT2D eigenvalue weighted by atomic mass is 32.1. The fraction of sp³-hybridized carbons (Fsp3) is 0.538. The third kappa shape index (κ3) is 2.27. The van der Waals surface area contributed by atoms with E-state index in [-0.39, 0.29) is 11.8 Å². The van der Waals surface area contributed by atoms with Gasteiger partial charge in [-0.05, 0) is 30.7 Å². The van der Waals surface area contributed by atoms with Crippen molar-refractivity contribution in [2.75, 3.05) is 0 Å².